The molecule has 0 aliphatic heterocycles. The summed E-state index contributed by atoms with van der Waals surface area (Å²) in [6, 6.07) is 4.71. The molecule has 5 heteroatoms. The minimum atomic E-state index is -0.297. The van der Waals surface area contributed by atoms with Gasteiger partial charge in [-0.05, 0) is 31.0 Å². The molecule has 1 aromatic rings. The van der Waals surface area contributed by atoms with Gasteiger partial charge in [0.1, 0.15) is 11.6 Å². The van der Waals surface area contributed by atoms with Crippen molar-refractivity contribution in [2.24, 2.45) is 5.73 Å². The minimum Gasteiger partial charge on any atom is -0.493 e. The molecule has 0 heterocycles. The SMILES string of the molecule is COCCOCCCOc1cc(F)cc(CC(C)N)c1. The number of benzene rings is 1. The monoisotopic (exact) mass is 285 g/mol. The molecule has 1 unspecified atom stereocenters. The van der Waals surface area contributed by atoms with Gasteiger partial charge < -0.3 is 19.9 Å². The van der Waals surface area contributed by atoms with Crippen molar-refractivity contribution in [3.63, 3.8) is 0 Å². The predicted octanol–water partition coefficient (Wildman–Crippen LogP) is 2.15. The van der Waals surface area contributed by atoms with Crippen molar-refractivity contribution >= 4 is 0 Å². The van der Waals surface area contributed by atoms with Crippen molar-refractivity contribution in [1.29, 1.82) is 0 Å². The molecule has 20 heavy (non-hydrogen) atoms. The van der Waals surface area contributed by atoms with Crippen LogP contribution in [0.25, 0.3) is 0 Å². The summed E-state index contributed by atoms with van der Waals surface area (Å²) in [6.07, 6.45) is 1.39. The Labute approximate surface area is 120 Å². The molecule has 0 radical (unpaired) electrons. The number of halogens is 1. The van der Waals surface area contributed by atoms with Crippen LogP contribution < -0.4 is 10.5 Å². The van der Waals surface area contributed by atoms with E-state index in [2.05, 4.69) is 0 Å². The highest BCUT2D eigenvalue weighted by atomic mass is 19.1. The second-order valence-electron chi connectivity index (χ2n) is 4.78. The number of hydrogen-bond acceptors (Lipinski definition) is 4. The highest BCUT2D eigenvalue weighted by Crippen LogP contribution is 2.17. The molecule has 114 valence electrons. The Bertz CT molecular complexity index is 385. The Kier molecular flexibility index (Phi) is 8.18. The molecule has 1 aromatic carbocycles. The first-order valence-corrected chi connectivity index (χ1v) is 6.86. The summed E-state index contributed by atoms with van der Waals surface area (Å²) in [7, 11) is 1.64. The zero-order valence-corrected chi connectivity index (χ0v) is 12.2. The summed E-state index contributed by atoms with van der Waals surface area (Å²) in [6.45, 7) is 4.16. The van der Waals surface area contributed by atoms with Gasteiger partial charge in [0, 0.05) is 32.2 Å². The summed E-state index contributed by atoms with van der Waals surface area (Å²) >= 11 is 0. The van der Waals surface area contributed by atoms with E-state index in [9.17, 15) is 4.39 Å². The lowest BCUT2D eigenvalue weighted by molar-refractivity contribution is 0.0644. The summed E-state index contributed by atoms with van der Waals surface area (Å²) in [5.41, 5.74) is 6.57. The summed E-state index contributed by atoms with van der Waals surface area (Å²) in [5, 5.41) is 0. The molecule has 1 atom stereocenters. The maximum absolute atomic E-state index is 13.4. The molecule has 0 bridgehead atoms. The first-order valence-electron chi connectivity index (χ1n) is 6.86. The molecule has 1 rings (SSSR count). The Hall–Kier alpha value is -1.17. The van der Waals surface area contributed by atoms with Gasteiger partial charge in [-0.15, -0.1) is 0 Å². The van der Waals surface area contributed by atoms with Crippen LogP contribution in [0, 0.1) is 5.82 Å². The van der Waals surface area contributed by atoms with Gasteiger partial charge in [0.25, 0.3) is 0 Å². The van der Waals surface area contributed by atoms with Crippen molar-refractivity contribution < 1.29 is 18.6 Å². The molecular weight excluding hydrogens is 261 g/mol. The summed E-state index contributed by atoms with van der Waals surface area (Å²) in [4.78, 5) is 0. The average Bonchev–Trinajstić information content (AvgIpc) is 2.36. The molecule has 0 saturated heterocycles. The smallest absolute Gasteiger partial charge is 0.127 e. The average molecular weight is 285 g/mol. The molecule has 0 aliphatic carbocycles. The van der Waals surface area contributed by atoms with Crippen molar-refractivity contribution in [2.45, 2.75) is 25.8 Å². The third-order valence-corrected chi connectivity index (χ3v) is 2.62. The normalized spacial score (nSPS) is 12.4. The van der Waals surface area contributed by atoms with Gasteiger partial charge in [0.2, 0.25) is 0 Å². The van der Waals surface area contributed by atoms with E-state index in [0.717, 1.165) is 12.0 Å². The van der Waals surface area contributed by atoms with Gasteiger partial charge in [-0.1, -0.05) is 0 Å². The number of ether oxygens (including phenoxy) is 3. The van der Waals surface area contributed by atoms with Gasteiger partial charge in [-0.25, -0.2) is 4.39 Å². The van der Waals surface area contributed by atoms with Crippen molar-refractivity contribution in [2.75, 3.05) is 33.5 Å². The van der Waals surface area contributed by atoms with Crippen molar-refractivity contribution in [3.8, 4) is 5.75 Å². The second kappa shape index (κ2) is 9.69. The fraction of sp³-hybridized carbons (Fsp3) is 0.600. The fourth-order valence-corrected chi connectivity index (χ4v) is 1.79. The largest absolute Gasteiger partial charge is 0.493 e. The molecule has 0 saturated carbocycles. The van der Waals surface area contributed by atoms with Crippen molar-refractivity contribution in [1.82, 2.24) is 0 Å². The Morgan fingerprint density at radius 3 is 2.65 bits per heavy atom. The molecule has 0 aromatic heterocycles. The van der Waals surface area contributed by atoms with E-state index in [1.54, 1.807) is 7.11 Å². The van der Waals surface area contributed by atoms with Crippen LogP contribution in [0.15, 0.2) is 18.2 Å². The molecule has 0 fully saturated rings. The highest BCUT2D eigenvalue weighted by molar-refractivity contribution is 5.30. The maximum atomic E-state index is 13.4. The van der Waals surface area contributed by atoms with Crippen LogP contribution >= 0.6 is 0 Å². The Morgan fingerprint density at radius 2 is 1.95 bits per heavy atom. The lowest BCUT2D eigenvalue weighted by atomic mass is 10.1. The quantitative estimate of drug-likeness (QED) is 0.669. The van der Waals surface area contributed by atoms with Gasteiger partial charge >= 0.3 is 0 Å². The third kappa shape index (κ3) is 7.43. The summed E-state index contributed by atoms with van der Waals surface area (Å²) < 4.78 is 29.1. The fourth-order valence-electron chi connectivity index (χ4n) is 1.79. The Balaban J connectivity index is 2.30. The van der Waals surface area contributed by atoms with Crippen LogP contribution in [0.5, 0.6) is 5.75 Å². The van der Waals surface area contributed by atoms with Crippen LogP contribution in [0.3, 0.4) is 0 Å². The number of hydrogen-bond donors (Lipinski definition) is 1. The maximum Gasteiger partial charge on any atom is 0.127 e. The first kappa shape index (κ1) is 16.9. The van der Waals surface area contributed by atoms with E-state index in [1.165, 1.54) is 12.1 Å². The zero-order chi connectivity index (χ0) is 14.8. The van der Waals surface area contributed by atoms with Crippen molar-refractivity contribution in [3.05, 3.63) is 29.6 Å². The van der Waals surface area contributed by atoms with Crippen LogP contribution in [0.2, 0.25) is 0 Å². The predicted molar refractivity (Wildman–Crippen MR) is 76.6 cm³/mol. The zero-order valence-electron chi connectivity index (χ0n) is 12.2. The van der Waals surface area contributed by atoms with Crippen LogP contribution in [-0.2, 0) is 15.9 Å². The van der Waals surface area contributed by atoms with Gasteiger partial charge in [-0.2, -0.15) is 0 Å². The Morgan fingerprint density at radius 1 is 1.15 bits per heavy atom. The van der Waals surface area contributed by atoms with Gasteiger partial charge in [0.15, 0.2) is 0 Å². The molecular formula is C15H24FNO3. The highest BCUT2D eigenvalue weighted by Gasteiger charge is 2.04. The topological polar surface area (TPSA) is 53.7 Å². The van der Waals surface area contributed by atoms with E-state index >= 15 is 0 Å². The molecule has 0 spiro atoms. The number of nitrogens with two attached hydrogens (primary N) is 1. The van der Waals surface area contributed by atoms with Crippen LogP contribution in [0.1, 0.15) is 18.9 Å². The summed E-state index contributed by atoms with van der Waals surface area (Å²) in [5.74, 6) is 0.243. The van der Waals surface area contributed by atoms with Gasteiger partial charge in [0.05, 0.1) is 19.8 Å². The van der Waals surface area contributed by atoms with E-state index in [-0.39, 0.29) is 11.9 Å². The van der Waals surface area contributed by atoms with E-state index in [4.69, 9.17) is 19.9 Å². The molecule has 0 amide bonds. The van der Waals surface area contributed by atoms with E-state index in [0.29, 0.717) is 38.6 Å². The molecule has 0 aliphatic rings. The van der Waals surface area contributed by atoms with Crippen LogP contribution in [0.4, 0.5) is 4.39 Å². The van der Waals surface area contributed by atoms with E-state index < -0.39 is 0 Å². The number of methoxy groups -OCH3 is 1. The first-order chi connectivity index (χ1) is 9.61. The lowest BCUT2D eigenvalue weighted by Crippen LogP contribution is -2.17. The standard InChI is InChI=1S/C15H24FNO3/c1-12(17)8-13-9-14(16)11-15(10-13)20-5-3-4-19-7-6-18-2/h9-12H,3-8,17H2,1-2H3. The lowest BCUT2D eigenvalue weighted by Gasteiger charge is -2.10. The van der Waals surface area contributed by atoms with E-state index in [1.807, 2.05) is 13.0 Å². The third-order valence-electron chi connectivity index (χ3n) is 2.62. The minimum absolute atomic E-state index is 0.00108. The van der Waals surface area contributed by atoms with Gasteiger partial charge in [-0.3, -0.25) is 0 Å². The molecule has 2 N–H and O–H groups in total. The number of rotatable bonds is 10. The van der Waals surface area contributed by atoms with Crippen LogP contribution in [-0.4, -0.2) is 39.6 Å². The molecule has 4 nitrogen and oxygen atoms in total. The second-order valence-corrected chi connectivity index (χ2v) is 4.78.